The summed E-state index contributed by atoms with van der Waals surface area (Å²) in [7, 11) is -10.6. The highest BCUT2D eigenvalue weighted by Crippen LogP contribution is 2.55. The van der Waals surface area contributed by atoms with Crippen LogP contribution in [0.5, 0.6) is 17.5 Å². The zero-order chi connectivity index (χ0) is 67.3. The topological polar surface area (TPSA) is 406 Å². The second kappa shape index (κ2) is 27.9. The number of para-hydroxylation sites is 1. The minimum atomic E-state index is -5.49. The summed E-state index contributed by atoms with van der Waals surface area (Å²) in [5.74, 6) is -10.1. The molecule has 0 bridgehead atoms. The van der Waals surface area contributed by atoms with Crippen molar-refractivity contribution in [2.24, 2.45) is 0 Å². The predicted molar refractivity (Wildman–Crippen MR) is 286 cm³/mol. The van der Waals surface area contributed by atoms with Gasteiger partial charge in [0.1, 0.15) is 24.9 Å². The molecular weight excluding hydrogens is 1200 g/mol. The Kier molecular flexibility index (Phi) is 20.2. The summed E-state index contributed by atoms with van der Waals surface area (Å²) >= 11 is 0. The van der Waals surface area contributed by atoms with Gasteiger partial charge < -0.3 is 68.8 Å². The highest BCUT2D eigenvalue weighted by atomic mass is 31.2. The molecule has 2 aliphatic rings. The van der Waals surface area contributed by atoms with Crippen molar-refractivity contribution in [2.45, 2.75) is 148 Å². The second-order valence-electron chi connectivity index (χ2n) is 19.3. The standard InChI is InChI=1S/C25H33F2N6O8P.C23H34F2N5O13P/c1-6-37-19-17-18(30-23(28)31-19)33(13-29-17)22-24(5,26)21(35)25(27,40-22)12-38-42(36,41-16-10-8-7-9-11-16)32-15(4)20(34)39-14(2)3;1-7-35-16-14-15(28-19(26)29-16)30(9-27-14)18-22(6,24)17(31)23(25,43-18)8-38-44(34,39-10-36-20(32)41-12(2)3)40-11-37-21(33)42-13(4)5/h7-11,13-15,21-22,35H,6,12H2,1-5H3,(H,32,36)(H2,28,30,31);9,12-13,17-18,31H,7-8,10-11H2,1-6H3,(H2,26,28,29)/t15-,21-,22+,24+,25+,42?;17-,18+,22+,23+/m00/s1/i12D2;8D2. The Bertz CT molecular complexity index is 3410. The molecule has 5 aromatic rings. The van der Waals surface area contributed by atoms with Gasteiger partial charge >= 0.3 is 33.8 Å². The number of esters is 1. The minimum absolute atomic E-state index is 0.00204. The Balaban J connectivity index is 0.000000287. The van der Waals surface area contributed by atoms with Crippen molar-refractivity contribution in [3.05, 3.63) is 43.0 Å². The van der Waals surface area contributed by atoms with Crippen LogP contribution in [0.3, 0.4) is 0 Å². The molecule has 7 N–H and O–H groups in total. The van der Waals surface area contributed by atoms with E-state index >= 15 is 17.6 Å². The number of nitrogens with zero attached hydrogens (tertiary/aromatic N) is 8. The van der Waals surface area contributed by atoms with Crippen LogP contribution in [0.1, 0.15) is 94.1 Å². The number of alkyl halides is 4. The van der Waals surface area contributed by atoms with E-state index in [0.29, 0.717) is 6.92 Å². The summed E-state index contributed by atoms with van der Waals surface area (Å²) in [5.41, 5.74) is 4.76. The molecule has 478 valence electrons. The van der Waals surface area contributed by atoms with Gasteiger partial charge in [0, 0.05) is 0 Å². The largest absolute Gasteiger partial charge is 0.510 e. The van der Waals surface area contributed by atoms with E-state index in [0.717, 1.165) is 28.7 Å². The number of nitrogen functional groups attached to an aromatic ring is 2. The number of nitrogens with two attached hydrogens (primary N) is 2. The van der Waals surface area contributed by atoms with Gasteiger partial charge in [0.25, 0.3) is 11.7 Å². The van der Waals surface area contributed by atoms with Crippen LogP contribution in [0.2, 0.25) is 0 Å². The molecule has 7 rings (SSSR count). The maximum Gasteiger partial charge on any atom is 0.510 e. The van der Waals surface area contributed by atoms with Crippen LogP contribution in [-0.2, 0) is 65.2 Å². The van der Waals surface area contributed by atoms with Crippen molar-refractivity contribution >= 4 is 68.1 Å². The first-order chi connectivity index (χ1) is 41.7. The van der Waals surface area contributed by atoms with Crippen LogP contribution < -0.4 is 30.6 Å². The first-order valence-electron chi connectivity index (χ1n) is 27.7. The summed E-state index contributed by atoms with van der Waals surface area (Å²) < 4.78 is 197. The van der Waals surface area contributed by atoms with Crippen LogP contribution in [0.25, 0.3) is 22.3 Å². The summed E-state index contributed by atoms with van der Waals surface area (Å²) in [6.07, 6.45) is -12.8. The molecule has 38 heteroatoms. The molecular formula is C48H67F4N11O21P2. The van der Waals surface area contributed by atoms with Crippen molar-refractivity contribution in [1.82, 2.24) is 44.1 Å². The van der Waals surface area contributed by atoms with E-state index in [9.17, 15) is 33.7 Å². The number of hydrogen-bond donors (Lipinski definition) is 5. The second-order valence-corrected chi connectivity index (χ2v) is 22.5. The molecule has 0 aliphatic carbocycles. The van der Waals surface area contributed by atoms with Gasteiger partial charge in [-0.2, -0.15) is 25.0 Å². The fourth-order valence-electron chi connectivity index (χ4n) is 7.51. The number of anilines is 2. The molecule has 32 nitrogen and oxygen atoms in total. The van der Waals surface area contributed by atoms with Crippen molar-refractivity contribution in [2.75, 3.05) is 51.4 Å². The third-order valence-electron chi connectivity index (χ3n) is 11.3. The minimum Gasteiger partial charge on any atom is -0.476 e. The molecule has 2 saturated heterocycles. The van der Waals surface area contributed by atoms with Gasteiger partial charge in [0.15, 0.2) is 58.3 Å². The maximum atomic E-state index is 16.6. The number of carbonyl (C=O) groups is 3. The molecule has 1 aromatic carbocycles. The third kappa shape index (κ3) is 16.4. The molecule has 0 radical (unpaired) electrons. The molecule has 2 fully saturated rings. The Morgan fingerprint density at radius 1 is 0.686 bits per heavy atom. The number of imidazole rings is 2. The number of phosphoric acid groups is 1. The smallest absolute Gasteiger partial charge is 0.476 e. The Morgan fingerprint density at radius 2 is 1.10 bits per heavy atom. The lowest BCUT2D eigenvalue weighted by Gasteiger charge is -2.28. The number of hydrogen-bond acceptors (Lipinski definition) is 29. The molecule has 6 heterocycles. The molecule has 2 aliphatic heterocycles. The Morgan fingerprint density at radius 3 is 1.51 bits per heavy atom. The number of carbonyl (C=O) groups excluding carboxylic acids is 3. The number of aromatic nitrogens is 8. The fraction of sp³-hybridized carbons (Fsp3) is 0.604. The number of benzene rings is 1. The summed E-state index contributed by atoms with van der Waals surface area (Å²) in [6, 6.07) is 5.83. The SMILES string of the molecule is [2H]C([2H])(OP(=O)(N[C@@H](C)C(=O)OC(C)C)Oc1ccccc1)[C@@]1(F)O[C@@H](n2cnc3c(OCC)nc(N)nc32)[C@](C)(F)[C@@H]1O.[2H]C([2H])(OP(=O)(OCOC(=O)OC(C)C)OCOC(=O)OC(C)C)[C@@]1(F)O[C@@H](n2cnc3c(OCC)nc(N)nc32)[C@](C)(F)[C@@H]1O. The quantitative estimate of drug-likeness (QED) is 0.0129. The Hall–Kier alpha value is -6.85. The van der Waals surface area contributed by atoms with Crippen LogP contribution in [0, 0.1) is 0 Å². The summed E-state index contributed by atoms with van der Waals surface area (Å²) in [6.45, 7) is 4.74. The van der Waals surface area contributed by atoms with E-state index in [2.05, 4.69) is 49.0 Å². The number of rotatable bonds is 26. The van der Waals surface area contributed by atoms with E-state index in [1.54, 1.807) is 33.8 Å². The Labute approximate surface area is 493 Å². The highest BCUT2D eigenvalue weighted by molar-refractivity contribution is 7.52. The average molecular weight is 1280 g/mol. The number of aliphatic hydroxyl groups is 2. The van der Waals surface area contributed by atoms with Gasteiger partial charge in [0.2, 0.25) is 37.2 Å². The monoisotopic (exact) mass is 1280 g/mol. The van der Waals surface area contributed by atoms with Gasteiger partial charge in [-0.05, 0) is 88.3 Å². The third-order valence-corrected chi connectivity index (χ3v) is 13.9. The number of ether oxygens (including phenoxy) is 9. The summed E-state index contributed by atoms with van der Waals surface area (Å²) in [4.78, 5) is 59.6. The van der Waals surface area contributed by atoms with Crippen molar-refractivity contribution in [3.8, 4) is 17.5 Å². The van der Waals surface area contributed by atoms with Gasteiger partial charge in [-0.3, -0.25) is 23.0 Å². The number of nitrogens with one attached hydrogen (secondary N) is 1. The van der Waals surface area contributed by atoms with Crippen LogP contribution in [-0.4, -0.2) is 167 Å². The van der Waals surface area contributed by atoms with Crippen molar-refractivity contribution in [1.29, 1.82) is 0 Å². The van der Waals surface area contributed by atoms with Crippen molar-refractivity contribution < 1.29 is 122 Å². The van der Waals surface area contributed by atoms with Crippen LogP contribution in [0.4, 0.5) is 39.0 Å². The van der Waals surface area contributed by atoms with E-state index < -0.39 is 133 Å². The average Bonchev–Trinajstić information content (AvgIpc) is 1.57. The first kappa shape index (κ1) is 62.2. The van der Waals surface area contributed by atoms with Crippen LogP contribution >= 0.6 is 15.6 Å². The van der Waals surface area contributed by atoms with Crippen molar-refractivity contribution in [3.63, 3.8) is 0 Å². The highest BCUT2D eigenvalue weighted by Gasteiger charge is 2.67. The summed E-state index contributed by atoms with van der Waals surface area (Å²) in [5, 5.41) is 23.8. The van der Waals surface area contributed by atoms with Gasteiger partial charge in [0.05, 0.1) is 49.7 Å². The number of fused-ring (bicyclic) bond motifs is 2. The normalized spacial score (nSPS) is 26.0. The molecule has 0 saturated carbocycles. The fourth-order valence-corrected chi connectivity index (χ4v) is 9.65. The van der Waals surface area contributed by atoms with Gasteiger partial charge in [-0.25, -0.2) is 55.3 Å². The lowest BCUT2D eigenvalue weighted by Crippen LogP contribution is -2.47. The molecule has 0 spiro atoms. The van der Waals surface area contributed by atoms with E-state index in [4.69, 9.17) is 68.2 Å². The zero-order valence-electron chi connectivity index (χ0n) is 51.8. The molecule has 1 unspecified atom stereocenters. The van der Waals surface area contributed by atoms with E-state index in [-0.39, 0.29) is 64.9 Å². The number of phosphoric ester groups is 1. The lowest BCUT2D eigenvalue weighted by molar-refractivity contribution is -0.205. The van der Waals surface area contributed by atoms with Crippen LogP contribution in [0.15, 0.2) is 43.0 Å². The van der Waals surface area contributed by atoms with Gasteiger partial charge in [-0.1, -0.05) is 18.2 Å². The molecule has 86 heavy (non-hydrogen) atoms. The van der Waals surface area contributed by atoms with Gasteiger partial charge in [-0.15, -0.1) is 0 Å². The number of aliphatic hydroxyl groups excluding tert-OH is 2. The molecule has 0 amide bonds. The predicted octanol–water partition coefficient (Wildman–Crippen LogP) is 6.51. The molecule has 4 aromatic heterocycles. The molecule has 10 atom stereocenters. The first-order valence-corrected chi connectivity index (χ1v) is 28.7. The maximum absolute atomic E-state index is 16.6. The number of halogens is 4. The van der Waals surface area contributed by atoms with E-state index in [1.165, 1.54) is 58.9 Å². The van der Waals surface area contributed by atoms with E-state index in [1.807, 2.05) is 0 Å². The lowest BCUT2D eigenvalue weighted by atomic mass is 9.97. The zero-order valence-corrected chi connectivity index (χ0v) is 49.6.